The fourth-order valence-electron chi connectivity index (χ4n) is 13.1. The summed E-state index contributed by atoms with van der Waals surface area (Å²) in [7, 11) is 0. The van der Waals surface area contributed by atoms with Crippen LogP contribution in [0.4, 0.5) is 22.7 Å². The molecule has 6 aromatic carbocycles. The van der Waals surface area contributed by atoms with Crippen LogP contribution < -0.4 is 20.0 Å². The smallest absolute Gasteiger partial charge is 0.339 e. The number of fused-ring (bicyclic) bond motifs is 10. The van der Waals surface area contributed by atoms with E-state index in [2.05, 4.69) is 191 Å². The van der Waals surface area contributed by atoms with Gasteiger partial charge in [-0.1, -0.05) is 146 Å². The lowest BCUT2D eigenvalue weighted by Crippen LogP contribution is -2.70. The number of hydrogen-bond donors (Lipinski definition) is 0. The molecule has 1 aromatic heterocycles. The Morgan fingerprint density at radius 2 is 1.29 bits per heavy atom. The first-order chi connectivity index (χ1) is 29.9. The van der Waals surface area contributed by atoms with Crippen molar-refractivity contribution in [1.29, 1.82) is 0 Å². The lowest BCUT2D eigenvalue weighted by Gasteiger charge is -2.54. The Morgan fingerprint density at radius 1 is 0.581 bits per heavy atom. The van der Waals surface area contributed by atoms with Crippen LogP contribution in [0.2, 0.25) is 0 Å². The maximum atomic E-state index is 3.01. The number of benzene rings is 6. The van der Waals surface area contributed by atoms with E-state index in [-0.39, 0.29) is 28.6 Å². The molecule has 3 aliphatic heterocycles. The minimum atomic E-state index is -0.0175. The van der Waals surface area contributed by atoms with Gasteiger partial charge in [0.25, 0.3) is 0 Å². The van der Waals surface area contributed by atoms with Gasteiger partial charge in [0.1, 0.15) is 0 Å². The second-order valence-corrected chi connectivity index (χ2v) is 22.3. The van der Waals surface area contributed by atoms with Crippen molar-refractivity contribution in [2.24, 2.45) is 0 Å². The van der Waals surface area contributed by atoms with Gasteiger partial charge in [-0.15, -0.1) is 11.3 Å². The monoisotopic (exact) mass is 826 g/mol. The summed E-state index contributed by atoms with van der Waals surface area (Å²) >= 11 is 2.10. The molecule has 2 aliphatic carbocycles. The Balaban J connectivity index is 1.24. The maximum Gasteiger partial charge on any atom is 0.339 e. The summed E-state index contributed by atoms with van der Waals surface area (Å²) in [6.45, 7) is 17.6. The van der Waals surface area contributed by atoms with Gasteiger partial charge in [0, 0.05) is 48.3 Å². The van der Waals surface area contributed by atoms with Crippen LogP contribution in [0.5, 0.6) is 0 Å². The third-order valence-electron chi connectivity index (χ3n) is 16.8. The molecule has 4 heterocycles. The molecule has 0 bridgehead atoms. The standard InChI is InChI=1S/C58H59BN2S/c1-8-9-19-37-26-27-48(42(32-37)39-22-14-11-15-23-39)60-49-34-40(38-20-12-10-13-21-38)33-43-41-24-18-25-45-52(41)61(58(7)29-17-16-28-57(45,58)6)59(51(43)49)54-53(60)44-35-46-47(36-50(44)62-54)56(4,5)31-30-55(46,2)3/h10-15,18,20-27,32-36H,8-9,16-17,19,28-31H2,1-7H3. The summed E-state index contributed by atoms with van der Waals surface area (Å²) in [6.07, 6.45) is 10.9. The van der Waals surface area contributed by atoms with Crippen molar-refractivity contribution in [3.8, 4) is 33.4 Å². The SMILES string of the molecule is CCCCc1ccc(N2c3cc(-c4ccccc4)cc4c3B(c3sc5cc6c(cc5c32)C(C)(C)CCC6(C)C)N2c3c-4cccc3C3(C)CCCCC23C)c(-c2ccccc2)c1. The van der Waals surface area contributed by atoms with Crippen LogP contribution in [0, 0.1) is 0 Å². The van der Waals surface area contributed by atoms with Gasteiger partial charge in [-0.3, -0.25) is 0 Å². The number of hydrogen-bond acceptors (Lipinski definition) is 3. The molecule has 62 heavy (non-hydrogen) atoms. The molecule has 7 aromatic rings. The van der Waals surface area contributed by atoms with E-state index < -0.39 is 0 Å². The van der Waals surface area contributed by atoms with Crippen LogP contribution in [0.15, 0.2) is 121 Å². The number of aryl methyl sites for hydroxylation is 1. The zero-order valence-electron chi connectivity index (χ0n) is 37.8. The normalized spacial score (nSPS) is 22.2. The van der Waals surface area contributed by atoms with Crippen LogP contribution in [-0.2, 0) is 22.7 Å². The minimum Gasteiger partial charge on any atom is -0.399 e. The Labute approximate surface area is 374 Å². The summed E-state index contributed by atoms with van der Waals surface area (Å²) < 4.78 is 2.93. The average molecular weight is 827 g/mol. The maximum absolute atomic E-state index is 3.01. The average Bonchev–Trinajstić information content (AvgIpc) is 3.76. The Kier molecular flexibility index (Phi) is 8.39. The molecular formula is C58H59BN2S. The minimum absolute atomic E-state index is 0.0175. The van der Waals surface area contributed by atoms with Crippen molar-refractivity contribution in [2.75, 3.05) is 9.71 Å². The van der Waals surface area contributed by atoms with Gasteiger partial charge in [-0.25, -0.2) is 0 Å². The predicted octanol–water partition coefficient (Wildman–Crippen LogP) is 14.9. The summed E-state index contributed by atoms with van der Waals surface area (Å²) in [5.74, 6) is 0. The first-order valence-corrected chi connectivity index (χ1v) is 24.5. The van der Waals surface area contributed by atoms with Crippen LogP contribution in [-0.4, -0.2) is 12.4 Å². The van der Waals surface area contributed by atoms with Crippen LogP contribution in [0.25, 0.3) is 43.5 Å². The second-order valence-electron chi connectivity index (χ2n) is 21.2. The molecule has 12 rings (SSSR count). The first kappa shape index (κ1) is 38.6. The van der Waals surface area contributed by atoms with Crippen molar-refractivity contribution >= 4 is 61.3 Å². The Bertz CT molecular complexity index is 2960. The third-order valence-corrected chi connectivity index (χ3v) is 18.0. The van der Waals surface area contributed by atoms with E-state index in [1.165, 1.54) is 139 Å². The van der Waals surface area contributed by atoms with Crippen molar-refractivity contribution in [2.45, 2.75) is 128 Å². The van der Waals surface area contributed by atoms with Crippen molar-refractivity contribution in [3.05, 3.63) is 144 Å². The van der Waals surface area contributed by atoms with Gasteiger partial charge in [-0.2, -0.15) is 0 Å². The fourth-order valence-corrected chi connectivity index (χ4v) is 14.4. The van der Waals surface area contributed by atoms with Gasteiger partial charge < -0.3 is 9.71 Å². The van der Waals surface area contributed by atoms with Crippen molar-refractivity contribution < 1.29 is 0 Å². The summed E-state index contributed by atoms with van der Waals surface area (Å²) in [5, 5.41) is 1.41. The number of para-hydroxylation sites is 1. The number of unbranched alkanes of at least 4 members (excludes halogenated alkanes) is 1. The van der Waals surface area contributed by atoms with E-state index in [1.807, 2.05) is 0 Å². The van der Waals surface area contributed by atoms with Gasteiger partial charge in [-0.05, 0) is 143 Å². The van der Waals surface area contributed by atoms with E-state index >= 15 is 0 Å². The fraction of sp³-hybridized carbons (Fsp3) is 0.345. The van der Waals surface area contributed by atoms with Gasteiger partial charge in [0.2, 0.25) is 0 Å². The van der Waals surface area contributed by atoms with Gasteiger partial charge >= 0.3 is 6.85 Å². The number of rotatable bonds is 6. The first-order valence-electron chi connectivity index (χ1n) is 23.7. The van der Waals surface area contributed by atoms with E-state index in [4.69, 9.17) is 0 Å². The highest BCUT2D eigenvalue weighted by Gasteiger charge is 2.63. The lowest BCUT2D eigenvalue weighted by molar-refractivity contribution is 0.199. The molecule has 0 saturated heterocycles. The van der Waals surface area contributed by atoms with Crippen LogP contribution in [0.1, 0.15) is 122 Å². The molecule has 0 N–H and O–H groups in total. The highest BCUT2D eigenvalue weighted by molar-refractivity contribution is 7.32. The van der Waals surface area contributed by atoms with E-state index in [1.54, 1.807) is 11.1 Å². The Morgan fingerprint density at radius 3 is 2.03 bits per heavy atom. The van der Waals surface area contributed by atoms with Crippen molar-refractivity contribution in [3.63, 3.8) is 0 Å². The predicted molar refractivity (Wildman–Crippen MR) is 268 cm³/mol. The highest BCUT2D eigenvalue weighted by Crippen LogP contribution is 2.64. The number of nitrogens with zero attached hydrogens (tertiary/aromatic N) is 2. The molecule has 0 spiro atoms. The van der Waals surface area contributed by atoms with Crippen molar-refractivity contribution in [1.82, 2.24) is 0 Å². The number of thiophene rings is 1. The van der Waals surface area contributed by atoms with E-state index in [0.29, 0.717) is 0 Å². The van der Waals surface area contributed by atoms with E-state index in [9.17, 15) is 0 Å². The molecule has 0 amide bonds. The third kappa shape index (κ3) is 5.22. The lowest BCUT2D eigenvalue weighted by atomic mass is 9.45. The molecule has 0 radical (unpaired) electrons. The molecule has 5 aliphatic rings. The highest BCUT2D eigenvalue weighted by atomic mass is 32.1. The molecule has 4 heteroatoms. The molecular weight excluding hydrogens is 768 g/mol. The molecule has 310 valence electrons. The molecule has 1 saturated carbocycles. The Hall–Kier alpha value is -5.06. The quantitative estimate of drug-likeness (QED) is 0.154. The molecule has 2 nitrogen and oxygen atoms in total. The molecule has 1 fully saturated rings. The topological polar surface area (TPSA) is 6.48 Å². The number of anilines is 4. The van der Waals surface area contributed by atoms with Gasteiger partial charge in [0.05, 0.1) is 11.4 Å². The molecule has 2 atom stereocenters. The van der Waals surface area contributed by atoms with Crippen LogP contribution in [0.3, 0.4) is 0 Å². The summed E-state index contributed by atoms with van der Waals surface area (Å²) in [4.78, 5) is 5.78. The van der Waals surface area contributed by atoms with Crippen LogP contribution >= 0.6 is 11.3 Å². The van der Waals surface area contributed by atoms with E-state index in [0.717, 1.165) is 6.42 Å². The largest absolute Gasteiger partial charge is 0.399 e. The summed E-state index contributed by atoms with van der Waals surface area (Å²) in [5.41, 5.74) is 21.3. The zero-order valence-corrected chi connectivity index (χ0v) is 38.6. The molecule has 2 unspecified atom stereocenters. The second kappa shape index (κ2) is 13.5. The zero-order chi connectivity index (χ0) is 42.3. The summed E-state index contributed by atoms with van der Waals surface area (Å²) in [6, 6.07) is 47.7. The van der Waals surface area contributed by atoms with Gasteiger partial charge in [0.15, 0.2) is 0 Å².